The Kier molecular flexibility index (Phi) is 17.2. The molecule has 0 spiro atoms. The monoisotopic (exact) mass is 329 g/mol. The van der Waals surface area contributed by atoms with E-state index in [2.05, 4.69) is 5.32 Å². The average molecular weight is 330 g/mol. The molecule has 6 N–H and O–H groups in total. The van der Waals surface area contributed by atoms with Crippen LogP contribution in [-0.2, 0) is 4.79 Å². The summed E-state index contributed by atoms with van der Waals surface area (Å²) in [5, 5.41) is 12.3. The maximum absolute atomic E-state index is 11.1. The van der Waals surface area contributed by atoms with E-state index in [9.17, 15) is 4.79 Å². The van der Waals surface area contributed by atoms with Crippen LogP contribution in [0.15, 0.2) is 0 Å². The van der Waals surface area contributed by atoms with Crippen molar-refractivity contribution in [2.24, 2.45) is 11.5 Å². The highest BCUT2D eigenvalue weighted by molar-refractivity contribution is 5.73. The summed E-state index contributed by atoms with van der Waals surface area (Å²) < 4.78 is 0. The number of hydrogen-bond acceptors (Lipinski definition) is 4. The third-order valence-corrected chi connectivity index (χ3v) is 4.27. The number of nitrogens with two attached hydrogens (primary N) is 2. The van der Waals surface area contributed by atoms with E-state index in [4.69, 9.17) is 16.6 Å². The van der Waals surface area contributed by atoms with Crippen LogP contribution in [0.1, 0.15) is 83.5 Å². The van der Waals surface area contributed by atoms with Crippen molar-refractivity contribution in [3.63, 3.8) is 0 Å². The second-order valence-corrected chi connectivity index (χ2v) is 6.45. The van der Waals surface area contributed by atoms with Crippen LogP contribution in [0.3, 0.4) is 0 Å². The topological polar surface area (TPSA) is 101 Å². The van der Waals surface area contributed by atoms with Crippen LogP contribution >= 0.6 is 0 Å². The second kappa shape index (κ2) is 17.7. The van der Waals surface area contributed by atoms with Gasteiger partial charge in [-0.25, -0.2) is 0 Å². The van der Waals surface area contributed by atoms with Crippen molar-refractivity contribution in [1.29, 1.82) is 0 Å². The van der Waals surface area contributed by atoms with Gasteiger partial charge in [0.1, 0.15) is 6.04 Å². The molecule has 0 heterocycles. The highest BCUT2D eigenvalue weighted by atomic mass is 16.4. The molecule has 138 valence electrons. The van der Waals surface area contributed by atoms with Gasteiger partial charge in [0.25, 0.3) is 0 Å². The summed E-state index contributed by atoms with van der Waals surface area (Å²) in [6.45, 7) is 2.27. The third kappa shape index (κ3) is 16.0. The van der Waals surface area contributed by atoms with E-state index in [1.807, 2.05) is 0 Å². The highest BCUT2D eigenvalue weighted by Gasteiger charge is 2.15. The van der Waals surface area contributed by atoms with Crippen LogP contribution in [0.4, 0.5) is 0 Å². The summed E-state index contributed by atoms with van der Waals surface area (Å²) in [6, 6.07) is -0.407. The molecule has 5 heteroatoms. The fourth-order valence-electron chi connectivity index (χ4n) is 2.77. The van der Waals surface area contributed by atoms with Crippen molar-refractivity contribution in [2.75, 3.05) is 19.6 Å². The van der Waals surface area contributed by atoms with Crippen LogP contribution in [0, 0.1) is 0 Å². The zero-order valence-electron chi connectivity index (χ0n) is 14.9. The molecule has 5 nitrogen and oxygen atoms in total. The average Bonchev–Trinajstić information content (AvgIpc) is 2.54. The predicted octanol–water partition coefficient (Wildman–Crippen LogP) is 3.02. The fraction of sp³-hybridized carbons (Fsp3) is 0.944. The van der Waals surface area contributed by atoms with E-state index in [-0.39, 0.29) is 0 Å². The van der Waals surface area contributed by atoms with Gasteiger partial charge in [-0.15, -0.1) is 0 Å². The zero-order chi connectivity index (χ0) is 17.2. The van der Waals surface area contributed by atoms with Crippen molar-refractivity contribution in [3.05, 3.63) is 0 Å². The second-order valence-electron chi connectivity index (χ2n) is 6.45. The lowest BCUT2D eigenvalue weighted by Crippen LogP contribution is -2.37. The van der Waals surface area contributed by atoms with Crippen molar-refractivity contribution in [3.8, 4) is 0 Å². The summed E-state index contributed by atoms with van der Waals surface area (Å²) in [4.78, 5) is 11.1. The van der Waals surface area contributed by atoms with Gasteiger partial charge in [-0.05, 0) is 45.3 Å². The normalized spacial score (nSPS) is 12.4. The minimum Gasteiger partial charge on any atom is -0.480 e. The first-order valence-corrected chi connectivity index (χ1v) is 9.58. The van der Waals surface area contributed by atoms with Gasteiger partial charge >= 0.3 is 5.97 Å². The predicted molar refractivity (Wildman–Crippen MR) is 97.6 cm³/mol. The van der Waals surface area contributed by atoms with Crippen molar-refractivity contribution in [1.82, 2.24) is 5.32 Å². The Balaban J connectivity index is 3.34. The lowest BCUT2D eigenvalue weighted by Gasteiger charge is -2.14. The Morgan fingerprint density at radius 3 is 1.65 bits per heavy atom. The number of aliphatic carboxylic acids is 1. The molecule has 0 aliphatic rings. The number of rotatable bonds is 18. The quantitative estimate of drug-likeness (QED) is 0.290. The van der Waals surface area contributed by atoms with E-state index in [0.717, 1.165) is 38.8 Å². The molecule has 0 saturated heterocycles. The number of nitrogens with one attached hydrogen (secondary N) is 1. The maximum Gasteiger partial charge on any atom is 0.320 e. The fourth-order valence-corrected chi connectivity index (χ4v) is 2.77. The van der Waals surface area contributed by atoms with Crippen LogP contribution in [-0.4, -0.2) is 36.8 Å². The molecule has 0 aliphatic carbocycles. The first-order chi connectivity index (χ1) is 11.2. The number of carbonyl (C=O) groups is 1. The minimum absolute atomic E-state index is 0.407. The summed E-state index contributed by atoms with van der Waals surface area (Å²) in [6.07, 6.45) is 15.0. The summed E-state index contributed by atoms with van der Waals surface area (Å²) in [5.41, 5.74) is 10.9. The van der Waals surface area contributed by atoms with Gasteiger partial charge in [0, 0.05) is 0 Å². The largest absolute Gasteiger partial charge is 0.480 e. The van der Waals surface area contributed by atoms with Gasteiger partial charge in [0.15, 0.2) is 0 Å². The molecule has 0 aromatic rings. The standard InChI is InChI=1S/C18H39N3O2/c19-14-10-7-5-3-1-2-4-6-8-12-16-21-17(18(22)23)13-9-11-15-20/h17,21H,1-16,19-20H2,(H,22,23). The molecule has 0 fully saturated rings. The summed E-state index contributed by atoms with van der Waals surface area (Å²) >= 11 is 0. The smallest absolute Gasteiger partial charge is 0.320 e. The number of unbranched alkanes of at least 4 members (excludes halogenated alkanes) is 10. The Morgan fingerprint density at radius 2 is 1.17 bits per heavy atom. The van der Waals surface area contributed by atoms with Crippen LogP contribution < -0.4 is 16.8 Å². The molecule has 0 bridgehead atoms. The minimum atomic E-state index is -0.739. The van der Waals surface area contributed by atoms with Crippen LogP contribution in [0.2, 0.25) is 0 Å². The van der Waals surface area contributed by atoms with Gasteiger partial charge in [-0.2, -0.15) is 0 Å². The van der Waals surface area contributed by atoms with Gasteiger partial charge in [0.05, 0.1) is 0 Å². The first kappa shape index (κ1) is 22.4. The lowest BCUT2D eigenvalue weighted by atomic mass is 10.1. The van der Waals surface area contributed by atoms with Gasteiger partial charge in [0.2, 0.25) is 0 Å². The van der Waals surface area contributed by atoms with E-state index < -0.39 is 12.0 Å². The van der Waals surface area contributed by atoms with Gasteiger partial charge in [-0.1, -0.05) is 57.8 Å². The number of carboxylic acids is 1. The number of hydrogen-bond donors (Lipinski definition) is 4. The molecule has 23 heavy (non-hydrogen) atoms. The molecule has 0 aliphatic heterocycles. The summed E-state index contributed by atoms with van der Waals surface area (Å²) in [7, 11) is 0. The Labute approximate surface area is 142 Å². The molecule has 0 aromatic carbocycles. The zero-order valence-corrected chi connectivity index (χ0v) is 14.9. The Hall–Kier alpha value is -0.650. The molecule has 1 atom stereocenters. The molecule has 0 saturated carbocycles. The SMILES string of the molecule is NCCCCCCCCCCCCNC(CCCCN)C(=O)O. The van der Waals surface area contributed by atoms with Gasteiger partial charge < -0.3 is 21.9 Å². The molecule has 0 radical (unpaired) electrons. The van der Waals surface area contributed by atoms with E-state index in [1.54, 1.807) is 0 Å². The maximum atomic E-state index is 11.1. The van der Waals surface area contributed by atoms with Gasteiger partial charge in [-0.3, -0.25) is 4.79 Å². The van der Waals surface area contributed by atoms with E-state index in [0.29, 0.717) is 13.0 Å². The molecule has 0 rings (SSSR count). The molecular formula is C18H39N3O2. The molecule has 1 unspecified atom stereocenters. The molecular weight excluding hydrogens is 290 g/mol. The van der Waals surface area contributed by atoms with E-state index in [1.165, 1.54) is 51.4 Å². The molecule has 0 amide bonds. The highest BCUT2D eigenvalue weighted by Crippen LogP contribution is 2.10. The van der Waals surface area contributed by atoms with Crippen LogP contribution in [0.5, 0.6) is 0 Å². The third-order valence-electron chi connectivity index (χ3n) is 4.27. The van der Waals surface area contributed by atoms with Crippen molar-refractivity contribution < 1.29 is 9.90 Å². The first-order valence-electron chi connectivity index (χ1n) is 9.58. The molecule has 0 aromatic heterocycles. The van der Waals surface area contributed by atoms with Crippen molar-refractivity contribution >= 4 is 5.97 Å². The lowest BCUT2D eigenvalue weighted by molar-refractivity contribution is -0.139. The van der Waals surface area contributed by atoms with Crippen LogP contribution in [0.25, 0.3) is 0 Å². The van der Waals surface area contributed by atoms with E-state index >= 15 is 0 Å². The summed E-state index contributed by atoms with van der Waals surface area (Å²) in [5.74, 6) is -0.739. The Bertz CT molecular complexity index is 263. The number of carboxylic acid groups (broad SMARTS) is 1. The van der Waals surface area contributed by atoms with Crippen molar-refractivity contribution in [2.45, 2.75) is 89.5 Å². The Morgan fingerprint density at radius 1 is 0.739 bits per heavy atom.